The first-order valence-corrected chi connectivity index (χ1v) is 6.51. The molecule has 1 unspecified atom stereocenters. The number of hydrogen-bond acceptors (Lipinski definition) is 3. The first kappa shape index (κ1) is 14.6. The lowest BCUT2D eigenvalue weighted by Gasteiger charge is -2.19. The number of hydrogen-bond donors (Lipinski definition) is 2. The fourth-order valence-corrected chi connectivity index (χ4v) is 2.22. The number of aromatic nitrogens is 2. The van der Waals surface area contributed by atoms with Crippen molar-refractivity contribution in [1.82, 2.24) is 15.2 Å². The van der Waals surface area contributed by atoms with Crippen LogP contribution in [-0.4, -0.2) is 9.78 Å². The zero-order chi connectivity index (χ0) is 14.7. The molecule has 0 spiro atoms. The third kappa shape index (κ3) is 2.71. The van der Waals surface area contributed by atoms with Gasteiger partial charge in [0.15, 0.2) is 0 Å². The molecular weight excluding hydrogens is 262 g/mol. The Kier molecular flexibility index (Phi) is 4.46. The first-order valence-electron chi connectivity index (χ1n) is 6.51. The van der Waals surface area contributed by atoms with E-state index in [1.807, 2.05) is 6.92 Å². The van der Waals surface area contributed by atoms with E-state index in [1.54, 1.807) is 23.9 Å². The number of nitrogens with two attached hydrogens (primary N) is 1. The van der Waals surface area contributed by atoms with Gasteiger partial charge in [0, 0.05) is 24.4 Å². The molecule has 0 fully saturated rings. The lowest BCUT2D eigenvalue weighted by Crippen LogP contribution is -2.31. The van der Waals surface area contributed by atoms with Gasteiger partial charge in [0.05, 0.1) is 11.7 Å². The van der Waals surface area contributed by atoms with E-state index in [0.717, 1.165) is 18.2 Å². The summed E-state index contributed by atoms with van der Waals surface area (Å²) in [6.07, 6.45) is 2.54. The molecule has 0 aliphatic carbocycles. The number of rotatable bonds is 5. The third-order valence-electron chi connectivity index (χ3n) is 3.24. The number of benzene rings is 1. The highest BCUT2D eigenvalue weighted by atomic mass is 19.1. The average Bonchev–Trinajstić information content (AvgIpc) is 2.85. The maximum absolute atomic E-state index is 14.0. The molecule has 0 aliphatic rings. The van der Waals surface area contributed by atoms with Crippen molar-refractivity contribution in [3.63, 3.8) is 0 Å². The van der Waals surface area contributed by atoms with Crippen LogP contribution in [0.25, 0.3) is 0 Å². The predicted molar refractivity (Wildman–Crippen MR) is 72.8 cm³/mol. The largest absolute Gasteiger partial charge is 0.271 e. The molecule has 0 aliphatic heterocycles. The summed E-state index contributed by atoms with van der Waals surface area (Å²) >= 11 is 0. The molecule has 20 heavy (non-hydrogen) atoms. The maximum atomic E-state index is 14.0. The van der Waals surface area contributed by atoms with Crippen LogP contribution in [0.15, 0.2) is 24.4 Å². The molecule has 0 bridgehead atoms. The Balaban J connectivity index is 2.47. The van der Waals surface area contributed by atoms with Crippen molar-refractivity contribution < 1.29 is 8.78 Å². The molecule has 0 saturated heterocycles. The molecule has 3 N–H and O–H groups in total. The van der Waals surface area contributed by atoms with Gasteiger partial charge in [-0.15, -0.1) is 0 Å². The second kappa shape index (κ2) is 6.11. The van der Waals surface area contributed by atoms with E-state index in [0.29, 0.717) is 17.7 Å². The van der Waals surface area contributed by atoms with Gasteiger partial charge < -0.3 is 0 Å². The highest BCUT2D eigenvalue weighted by Gasteiger charge is 2.21. The van der Waals surface area contributed by atoms with Gasteiger partial charge in [-0.2, -0.15) is 5.10 Å². The van der Waals surface area contributed by atoms with Crippen molar-refractivity contribution in [1.29, 1.82) is 0 Å². The number of halogens is 2. The van der Waals surface area contributed by atoms with Crippen LogP contribution >= 0.6 is 0 Å². The summed E-state index contributed by atoms with van der Waals surface area (Å²) in [5.41, 5.74) is 4.02. The fraction of sp³-hybridized carbons (Fsp3) is 0.357. The summed E-state index contributed by atoms with van der Waals surface area (Å²) < 4.78 is 29.1. The summed E-state index contributed by atoms with van der Waals surface area (Å²) in [7, 11) is 0. The molecule has 108 valence electrons. The second-order valence-electron chi connectivity index (χ2n) is 4.70. The third-order valence-corrected chi connectivity index (χ3v) is 3.24. The minimum absolute atomic E-state index is 0.309. The molecular formula is C14H18F2N4. The van der Waals surface area contributed by atoms with Gasteiger partial charge in [-0.25, -0.2) is 14.2 Å². The molecule has 2 rings (SSSR count). The highest BCUT2D eigenvalue weighted by Crippen LogP contribution is 2.26. The monoisotopic (exact) mass is 280 g/mol. The summed E-state index contributed by atoms with van der Waals surface area (Å²) in [6, 6.07) is 3.56. The average molecular weight is 280 g/mol. The van der Waals surface area contributed by atoms with Crippen molar-refractivity contribution >= 4 is 0 Å². The van der Waals surface area contributed by atoms with Crippen molar-refractivity contribution in [3.8, 4) is 0 Å². The van der Waals surface area contributed by atoms with Crippen LogP contribution in [0, 0.1) is 18.6 Å². The van der Waals surface area contributed by atoms with Gasteiger partial charge in [-0.05, 0) is 31.0 Å². The molecule has 1 aromatic carbocycles. The Bertz CT molecular complexity index is 595. The zero-order valence-electron chi connectivity index (χ0n) is 11.5. The highest BCUT2D eigenvalue weighted by molar-refractivity contribution is 5.33. The van der Waals surface area contributed by atoms with Crippen LogP contribution < -0.4 is 11.3 Å². The van der Waals surface area contributed by atoms with Gasteiger partial charge in [0.1, 0.15) is 11.6 Å². The Morgan fingerprint density at radius 1 is 1.35 bits per heavy atom. The molecule has 6 heteroatoms. The van der Waals surface area contributed by atoms with Crippen LogP contribution in [0.1, 0.15) is 36.2 Å². The smallest absolute Gasteiger partial charge is 0.131 e. The maximum Gasteiger partial charge on any atom is 0.131 e. The van der Waals surface area contributed by atoms with E-state index in [2.05, 4.69) is 10.5 Å². The van der Waals surface area contributed by atoms with Gasteiger partial charge >= 0.3 is 0 Å². The Morgan fingerprint density at radius 2 is 2.10 bits per heavy atom. The number of nitrogens with one attached hydrogen (secondary N) is 1. The van der Waals surface area contributed by atoms with Crippen molar-refractivity contribution in [2.75, 3.05) is 0 Å². The van der Waals surface area contributed by atoms with Crippen LogP contribution in [-0.2, 0) is 6.54 Å². The molecule has 0 saturated carbocycles. The summed E-state index contributed by atoms with van der Waals surface area (Å²) in [5.74, 6) is 4.38. The van der Waals surface area contributed by atoms with E-state index >= 15 is 0 Å². The number of hydrazine groups is 1. The standard InChI is InChI=1S/C14H18F2N4/c1-3-6-20-13(4-5-18-20)14(19-17)10-7-9(2)11(15)8-12(10)16/h4-5,7-8,14,19H,3,6,17H2,1-2H3. The molecule has 0 radical (unpaired) electrons. The molecule has 1 atom stereocenters. The van der Waals surface area contributed by atoms with Gasteiger partial charge in [0.25, 0.3) is 0 Å². The lowest BCUT2D eigenvalue weighted by molar-refractivity contribution is 0.496. The minimum atomic E-state index is -0.625. The van der Waals surface area contributed by atoms with Crippen molar-refractivity contribution in [2.45, 2.75) is 32.9 Å². The number of aryl methyl sites for hydroxylation is 2. The van der Waals surface area contributed by atoms with Crippen molar-refractivity contribution in [2.24, 2.45) is 5.84 Å². The Morgan fingerprint density at radius 3 is 2.75 bits per heavy atom. The van der Waals surface area contributed by atoms with Crippen LogP contribution in [0.5, 0.6) is 0 Å². The Labute approximate surface area is 116 Å². The van der Waals surface area contributed by atoms with Gasteiger partial charge in [-0.3, -0.25) is 10.5 Å². The fourth-order valence-electron chi connectivity index (χ4n) is 2.22. The quantitative estimate of drug-likeness (QED) is 0.653. The van der Waals surface area contributed by atoms with Gasteiger partial charge in [0.2, 0.25) is 0 Å². The normalized spacial score (nSPS) is 12.7. The van der Waals surface area contributed by atoms with E-state index in [9.17, 15) is 8.78 Å². The van der Waals surface area contributed by atoms with Crippen molar-refractivity contribution in [3.05, 3.63) is 52.9 Å². The summed E-state index contributed by atoms with van der Waals surface area (Å²) in [6.45, 7) is 4.33. The van der Waals surface area contributed by atoms with Crippen LogP contribution in [0.4, 0.5) is 8.78 Å². The molecule has 1 heterocycles. The topological polar surface area (TPSA) is 55.9 Å². The van der Waals surface area contributed by atoms with E-state index in [1.165, 1.54) is 6.07 Å². The molecule has 1 aromatic heterocycles. The first-order chi connectivity index (χ1) is 9.58. The summed E-state index contributed by atoms with van der Waals surface area (Å²) in [5, 5.41) is 4.19. The van der Waals surface area contributed by atoms with E-state index in [4.69, 9.17) is 5.84 Å². The summed E-state index contributed by atoms with van der Waals surface area (Å²) in [4.78, 5) is 0. The van der Waals surface area contributed by atoms with E-state index < -0.39 is 17.7 Å². The molecule has 2 aromatic rings. The van der Waals surface area contributed by atoms with Crippen LogP contribution in [0.2, 0.25) is 0 Å². The van der Waals surface area contributed by atoms with E-state index in [-0.39, 0.29) is 0 Å². The zero-order valence-corrected chi connectivity index (χ0v) is 11.5. The van der Waals surface area contributed by atoms with Crippen LogP contribution in [0.3, 0.4) is 0 Å². The lowest BCUT2D eigenvalue weighted by atomic mass is 10.0. The Hall–Kier alpha value is -1.79. The molecule has 4 nitrogen and oxygen atoms in total. The second-order valence-corrected chi connectivity index (χ2v) is 4.70. The van der Waals surface area contributed by atoms with Gasteiger partial charge in [-0.1, -0.05) is 6.92 Å². The number of nitrogens with zero attached hydrogens (tertiary/aromatic N) is 2. The SMILES string of the molecule is CCCn1nccc1C(NN)c1cc(C)c(F)cc1F. The predicted octanol–water partition coefficient (Wildman–Crippen LogP) is 2.43. The molecule has 0 amide bonds. The minimum Gasteiger partial charge on any atom is -0.271 e.